The van der Waals surface area contributed by atoms with E-state index in [9.17, 15) is 14.9 Å². The number of carbonyl (C=O) groups is 1. The van der Waals surface area contributed by atoms with Gasteiger partial charge in [-0.2, -0.15) is 4.57 Å². The molecule has 0 aliphatic rings. The second-order valence-electron chi connectivity index (χ2n) is 5.23. The van der Waals surface area contributed by atoms with Gasteiger partial charge in [-0.25, -0.2) is 0 Å². The normalized spacial score (nSPS) is 9.92. The number of pyridine rings is 2. The van der Waals surface area contributed by atoms with Gasteiger partial charge in [-0.05, 0) is 23.3 Å². The molecule has 1 aromatic carbocycles. The summed E-state index contributed by atoms with van der Waals surface area (Å²) < 4.78 is 1.74. The SMILES string of the molecule is O=C(C[n+]1ccc(-c2ccncc2)cc1)c1cccc([N+](=O)[O-])c1.[Br-]. The molecule has 126 valence electrons. The molecule has 0 aliphatic heterocycles. The quantitative estimate of drug-likeness (QED) is 0.258. The number of ketones is 1. The van der Waals surface area contributed by atoms with Crippen molar-refractivity contribution in [2.45, 2.75) is 6.54 Å². The molecule has 3 aromatic rings. The van der Waals surface area contributed by atoms with Gasteiger partial charge in [-0.1, -0.05) is 12.1 Å². The lowest BCUT2D eigenvalue weighted by Crippen LogP contribution is -3.00. The van der Waals surface area contributed by atoms with Crippen molar-refractivity contribution in [3.8, 4) is 11.1 Å². The lowest BCUT2D eigenvalue weighted by Gasteiger charge is -2.01. The average Bonchev–Trinajstić information content (AvgIpc) is 2.63. The number of rotatable bonds is 5. The van der Waals surface area contributed by atoms with Crippen LogP contribution in [0.4, 0.5) is 5.69 Å². The Kier molecular flexibility index (Phi) is 6.08. The fraction of sp³-hybridized carbons (Fsp3) is 0.0556. The highest BCUT2D eigenvalue weighted by Crippen LogP contribution is 2.16. The summed E-state index contributed by atoms with van der Waals surface area (Å²) in [6.07, 6.45) is 7.07. The van der Waals surface area contributed by atoms with Crippen LogP contribution in [-0.4, -0.2) is 15.7 Å². The average molecular weight is 400 g/mol. The molecule has 0 bridgehead atoms. The Morgan fingerprint density at radius 2 is 1.68 bits per heavy atom. The zero-order chi connectivity index (χ0) is 16.9. The Bertz CT molecular complexity index is 884. The third-order valence-corrected chi connectivity index (χ3v) is 3.61. The maximum atomic E-state index is 12.3. The highest BCUT2D eigenvalue weighted by atomic mass is 79.9. The lowest BCUT2D eigenvalue weighted by atomic mass is 10.1. The Balaban J connectivity index is 0.00000225. The van der Waals surface area contributed by atoms with Gasteiger partial charge in [0, 0.05) is 42.2 Å². The number of hydrogen-bond acceptors (Lipinski definition) is 4. The zero-order valence-electron chi connectivity index (χ0n) is 13.1. The largest absolute Gasteiger partial charge is 1.00 e. The fourth-order valence-electron chi connectivity index (χ4n) is 2.35. The van der Waals surface area contributed by atoms with Crippen LogP contribution in [0.15, 0.2) is 73.3 Å². The summed E-state index contributed by atoms with van der Waals surface area (Å²) in [5, 5.41) is 10.8. The third kappa shape index (κ3) is 4.54. The minimum Gasteiger partial charge on any atom is -1.00 e. The van der Waals surface area contributed by atoms with Crippen molar-refractivity contribution in [1.82, 2.24) is 4.98 Å². The van der Waals surface area contributed by atoms with Gasteiger partial charge in [0.15, 0.2) is 12.4 Å². The number of aromatic nitrogens is 2. The standard InChI is InChI=1S/C18H14N3O3.BrH/c22-18(16-2-1-3-17(12-16)21(23)24)13-20-10-6-15(7-11-20)14-4-8-19-9-5-14;/h1-12H,13H2;1H/q+1;/p-1. The Labute approximate surface area is 154 Å². The predicted octanol–water partition coefficient (Wildman–Crippen LogP) is -0.169. The molecule has 2 aromatic heterocycles. The number of nitro groups is 1. The number of non-ortho nitro benzene ring substituents is 1. The van der Waals surface area contributed by atoms with Crippen LogP contribution in [0.5, 0.6) is 0 Å². The molecule has 25 heavy (non-hydrogen) atoms. The number of Topliss-reactive ketones (excluding diaryl/α,β-unsaturated/α-hetero) is 1. The van der Waals surface area contributed by atoms with Gasteiger partial charge < -0.3 is 17.0 Å². The van der Waals surface area contributed by atoms with Gasteiger partial charge in [-0.3, -0.25) is 19.9 Å². The van der Waals surface area contributed by atoms with E-state index in [1.165, 1.54) is 18.2 Å². The monoisotopic (exact) mass is 399 g/mol. The number of nitrogens with zero attached hydrogens (tertiary/aromatic N) is 3. The lowest BCUT2D eigenvalue weighted by molar-refractivity contribution is -0.683. The summed E-state index contributed by atoms with van der Waals surface area (Å²) in [6, 6.07) is 13.4. The van der Waals surface area contributed by atoms with E-state index in [1.807, 2.05) is 36.7 Å². The smallest absolute Gasteiger partial charge is 0.270 e. The number of carbonyl (C=O) groups excluding carboxylic acids is 1. The van der Waals surface area contributed by atoms with Crippen molar-refractivity contribution in [2.75, 3.05) is 0 Å². The van der Waals surface area contributed by atoms with E-state index in [4.69, 9.17) is 0 Å². The van der Waals surface area contributed by atoms with Crippen molar-refractivity contribution in [1.29, 1.82) is 0 Å². The summed E-state index contributed by atoms with van der Waals surface area (Å²) >= 11 is 0. The Morgan fingerprint density at radius 1 is 1.04 bits per heavy atom. The molecular weight excluding hydrogens is 386 g/mol. The summed E-state index contributed by atoms with van der Waals surface area (Å²) in [5.74, 6) is -0.180. The van der Waals surface area contributed by atoms with Gasteiger partial charge >= 0.3 is 0 Å². The van der Waals surface area contributed by atoms with Crippen molar-refractivity contribution in [3.05, 3.63) is 89.0 Å². The molecule has 0 saturated heterocycles. The highest BCUT2D eigenvalue weighted by molar-refractivity contribution is 5.95. The molecule has 0 spiro atoms. The van der Waals surface area contributed by atoms with Crippen molar-refractivity contribution in [3.63, 3.8) is 0 Å². The predicted molar refractivity (Wildman–Crippen MR) is 87.3 cm³/mol. The first-order chi connectivity index (χ1) is 11.6. The van der Waals surface area contributed by atoms with Crippen LogP contribution in [0, 0.1) is 10.1 Å². The van der Waals surface area contributed by atoms with Crippen molar-refractivity contribution < 1.29 is 31.3 Å². The molecule has 0 saturated carbocycles. The van der Waals surface area contributed by atoms with E-state index >= 15 is 0 Å². The molecule has 2 heterocycles. The first-order valence-electron chi connectivity index (χ1n) is 7.30. The van der Waals surface area contributed by atoms with Crippen LogP contribution in [0.1, 0.15) is 10.4 Å². The number of halogens is 1. The number of nitro benzene ring substituents is 1. The van der Waals surface area contributed by atoms with Gasteiger partial charge in [0.2, 0.25) is 12.3 Å². The van der Waals surface area contributed by atoms with E-state index < -0.39 is 4.92 Å². The molecule has 3 rings (SSSR count). The van der Waals surface area contributed by atoms with Crippen LogP contribution in [-0.2, 0) is 6.54 Å². The Hall–Kier alpha value is -2.93. The topological polar surface area (TPSA) is 77.0 Å². The second kappa shape index (κ2) is 8.25. The van der Waals surface area contributed by atoms with E-state index in [0.29, 0.717) is 5.56 Å². The number of benzene rings is 1. The molecule has 0 fully saturated rings. The molecule has 6 nitrogen and oxygen atoms in total. The summed E-state index contributed by atoms with van der Waals surface area (Å²) in [7, 11) is 0. The first kappa shape index (κ1) is 18.4. The summed E-state index contributed by atoms with van der Waals surface area (Å²) in [5.41, 5.74) is 2.31. The maximum absolute atomic E-state index is 12.3. The van der Waals surface area contributed by atoms with Crippen molar-refractivity contribution in [2.24, 2.45) is 0 Å². The molecule has 0 aliphatic carbocycles. The molecule has 0 atom stereocenters. The van der Waals surface area contributed by atoms with Crippen molar-refractivity contribution >= 4 is 11.5 Å². The minimum atomic E-state index is -0.507. The third-order valence-electron chi connectivity index (χ3n) is 3.61. The van der Waals surface area contributed by atoms with Crippen LogP contribution in [0.25, 0.3) is 11.1 Å². The molecule has 0 unspecified atom stereocenters. The highest BCUT2D eigenvalue weighted by Gasteiger charge is 2.15. The van der Waals surface area contributed by atoms with Gasteiger partial charge in [0.05, 0.1) is 4.92 Å². The minimum absolute atomic E-state index is 0. The molecule has 7 heteroatoms. The molecular formula is C18H14BrN3O3. The van der Waals surface area contributed by atoms with Crippen LogP contribution >= 0.6 is 0 Å². The van der Waals surface area contributed by atoms with E-state index in [1.54, 1.807) is 23.0 Å². The second-order valence-corrected chi connectivity index (χ2v) is 5.23. The van der Waals surface area contributed by atoms with Gasteiger partial charge in [0.1, 0.15) is 0 Å². The van der Waals surface area contributed by atoms with Gasteiger partial charge in [-0.15, -0.1) is 0 Å². The summed E-state index contributed by atoms with van der Waals surface area (Å²) in [4.78, 5) is 26.6. The van der Waals surface area contributed by atoms with E-state index in [-0.39, 0.29) is 35.0 Å². The fourth-order valence-corrected chi connectivity index (χ4v) is 2.35. The Morgan fingerprint density at radius 3 is 2.32 bits per heavy atom. The maximum Gasteiger partial charge on any atom is 0.270 e. The van der Waals surface area contributed by atoms with Crippen LogP contribution in [0.3, 0.4) is 0 Å². The van der Waals surface area contributed by atoms with Gasteiger partial charge in [0.25, 0.3) is 5.69 Å². The molecule has 0 amide bonds. The summed E-state index contributed by atoms with van der Waals surface area (Å²) in [6.45, 7) is 0.123. The molecule has 0 N–H and O–H groups in total. The zero-order valence-corrected chi connectivity index (χ0v) is 14.7. The van der Waals surface area contributed by atoms with E-state index in [0.717, 1.165) is 11.1 Å². The molecule has 0 radical (unpaired) electrons. The van der Waals surface area contributed by atoms with Crippen LogP contribution in [0.2, 0.25) is 0 Å². The first-order valence-corrected chi connectivity index (χ1v) is 7.30. The van der Waals surface area contributed by atoms with Crippen LogP contribution < -0.4 is 21.5 Å². The number of hydrogen-bond donors (Lipinski definition) is 0. The van der Waals surface area contributed by atoms with E-state index in [2.05, 4.69) is 4.98 Å².